The number of benzene rings is 2. The monoisotopic (exact) mass is 418 g/mol. The molecule has 0 unspecified atom stereocenters. The molecule has 1 aliphatic rings. The van der Waals surface area contributed by atoms with E-state index < -0.39 is 9.84 Å². The highest BCUT2D eigenvalue weighted by atomic mass is 32.2. The normalized spacial score (nSPS) is 13.7. The second-order valence-corrected chi connectivity index (χ2v) is 8.82. The quantitative estimate of drug-likeness (QED) is 0.440. The molecule has 0 saturated carbocycles. The van der Waals surface area contributed by atoms with Crippen LogP contribution in [0.3, 0.4) is 0 Å². The Kier molecular flexibility index (Phi) is 7.52. The van der Waals surface area contributed by atoms with Crippen molar-refractivity contribution in [1.29, 1.82) is 0 Å². The molecule has 0 aromatic heterocycles. The number of rotatable bonds is 12. The highest BCUT2D eigenvalue weighted by Gasteiger charge is 2.33. The lowest BCUT2D eigenvalue weighted by Crippen LogP contribution is -2.16. The fraction of sp³-hybridized carbons (Fsp3) is 0.455. The Labute approximate surface area is 173 Å². The van der Waals surface area contributed by atoms with Crippen molar-refractivity contribution in [3.63, 3.8) is 0 Å². The third-order valence-electron chi connectivity index (χ3n) is 4.81. The van der Waals surface area contributed by atoms with Crippen molar-refractivity contribution in [2.75, 3.05) is 39.4 Å². The Bertz CT molecular complexity index is 859. The van der Waals surface area contributed by atoms with E-state index in [2.05, 4.69) is 24.5 Å². The SMILES string of the molecule is CCNCCCOc1ccc2c(c1)S(=O)(=O)c1cc(OCCCNCC)ccc1-2. The van der Waals surface area contributed by atoms with E-state index in [1.807, 2.05) is 24.3 Å². The summed E-state index contributed by atoms with van der Waals surface area (Å²) in [7, 11) is -3.57. The molecule has 2 aromatic carbocycles. The van der Waals surface area contributed by atoms with E-state index in [0.717, 1.165) is 50.1 Å². The van der Waals surface area contributed by atoms with Gasteiger partial charge < -0.3 is 20.1 Å². The molecule has 1 aliphatic heterocycles. The molecule has 0 aliphatic carbocycles. The molecule has 3 rings (SSSR count). The molecule has 0 bridgehead atoms. The van der Waals surface area contributed by atoms with Crippen LogP contribution in [0.2, 0.25) is 0 Å². The molecule has 2 N–H and O–H groups in total. The molecule has 0 amide bonds. The molecule has 1 heterocycles. The maximum Gasteiger partial charge on any atom is 0.208 e. The summed E-state index contributed by atoms with van der Waals surface area (Å²) in [6, 6.07) is 10.6. The van der Waals surface area contributed by atoms with Crippen LogP contribution in [0.1, 0.15) is 26.7 Å². The first-order chi connectivity index (χ1) is 14.1. The first-order valence-corrected chi connectivity index (χ1v) is 11.8. The van der Waals surface area contributed by atoms with Crippen molar-refractivity contribution in [3.05, 3.63) is 36.4 Å². The van der Waals surface area contributed by atoms with Gasteiger partial charge in [-0.1, -0.05) is 13.8 Å². The number of hydrogen-bond acceptors (Lipinski definition) is 6. The molecule has 0 spiro atoms. The zero-order chi connectivity index (χ0) is 20.7. The average Bonchev–Trinajstić information content (AvgIpc) is 2.94. The van der Waals surface area contributed by atoms with E-state index in [1.165, 1.54) is 0 Å². The Balaban J connectivity index is 1.70. The Hall–Kier alpha value is -2.09. The fourth-order valence-corrected chi connectivity index (χ4v) is 5.04. The second-order valence-electron chi connectivity index (χ2n) is 6.93. The largest absolute Gasteiger partial charge is 0.494 e. The van der Waals surface area contributed by atoms with E-state index in [0.29, 0.717) is 34.5 Å². The van der Waals surface area contributed by atoms with Gasteiger partial charge in [-0.3, -0.25) is 0 Å². The van der Waals surface area contributed by atoms with Crippen molar-refractivity contribution in [1.82, 2.24) is 10.6 Å². The minimum absolute atomic E-state index is 0.306. The summed E-state index contributed by atoms with van der Waals surface area (Å²) in [5, 5.41) is 6.48. The summed E-state index contributed by atoms with van der Waals surface area (Å²) in [6.45, 7) is 8.82. The van der Waals surface area contributed by atoms with Gasteiger partial charge in [-0.15, -0.1) is 0 Å². The summed E-state index contributed by atoms with van der Waals surface area (Å²) in [4.78, 5) is 0.613. The molecule has 7 heteroatoms. The number of sulfone groups is 1. The minimum atomic E-state index is -3.57. The molecular formula is C22H30N2O4S. The third kappa shape index (κ3) is 5.10. The number of fused-ring (bicyclic) bond motifs is 3. The van der Waals surface area contributed by atoms with Crippen LogP contribution in [0.4, 0.5) is 0 Å². The maximum atomic E-state index is 13.1. The Morgan fingerprint density at radius 3 is 1.62 bits per heavy atom. The zero-order valence-corrected chi connectivity index (χ0v) is 18.0. The van der Waals surface area contributed by atoms with Crippen LogP contribution in [-0.4, -0.2) is 47.8 Å². The van der Waals surface area contributed by atoms with Gasteiger partial charge in [0, 0.05) is 11.1 Å². The third-order valence-corrected chi connectivity index (χ3v) is 6.64. The summed E-state index contributed by atoms with van der Waals surface area (Å²) in [5.41, 5.74) is 1.44. The predicted molar refractivity (Wildman–Crippen MR) is 115 cm³/mol. The van der Waals surface area contributed by atoms with E-state index in [1.54, 1.807) is 12.1 Å². The van der Waals surface area contributed by atoms with Gasteiger partial charge in [-0.05, 0) is 75.4 Å². The molecule has 2 aromatic rings. The fourth-order valence-electron chi connectivity index (χ4n) is 3.32. The molecule has 0 atom stereocenters. The number of ether oxygens (including phenoxy) is 2. The molecule has 0 fully saturated rings. The number of hydrogen-bond donors (Lipinski definition) is 2. The zero-order valence-electron chi connectivity index (χ0n) is 17.2. The van der Waals surface area contributed by atoms with Crippen molar-refractivity contribution in [2.45, 2.75) is 36.5 Å². The Morgan fingerprint density at radius 2 is 1.21 bits per heavy atom. The van der Waals surface area contributed by atoms with Crippen molar-refractivity contribution in [3.8, 4) is 22.6 Å². The van der Waals surface area contributed by atoms with E-state index in [-0.39, 0.29) is 0 Å². The predicted octanol–water partition coefficient (Wildman–Crippen LogP) is 3.26. The lowest BCUT2D eigenvalue weighted by atomic mass is 10.1. The summed E-state index contributed by atoms with van der Waals surface area (Å²) < 4.78 is 37.6. The van der Waals surface area contributed by atoms with Crippen LogP contribution >= 0.6 is 0 Å². The second kappa shape index (κ2) is 10.1. The van der Waals surface area contributed by atoms with Gasteiger partial charge in [0.25, 0.3) is 0 Å². The van der Waals surface area contributed by atoms with E-state index in [9.17, 15) is 8.42 Å². The summed E-state index contributed by atoms with van der Waals surface area (Å²) in [5.74, 6) is 1.16. The van der Waals surface area contributed by atoms with E-state index in [4.69, 9.17) is 9.47 Å². The van der Waals surface area contributed by atoms with Crippen LogP contribution in [0.5, 0.6) is 11.5 Å². The summed E-state index contributed by atoms with van der Waals surface area (Å²) >= 11 is 0. The lowest BCUT2D eigenvalue weighted by molar-refractivity contribution is 0.308. The first kappa shape index (κ1) is 21.6. The van der Waals surface area contributed by atoms with Gasteiger partial charge in [-0.25, -0.2) is 8.42 Å². The van der Waals surface area contributed by atoms with Crippen LogP contribution < -0.4 is 20.1 Å². The van der Waals surface area contributed by atoms with Gasteiger partial charge >= 0.3 is 0 Å². The average molecular weight is 419 g/mol. The van der Waals surface area contributed by atoms with Crippen molar-refractivity contribution < 1.29 is 17.9 Å². The first-order valence-electron chi connectivity index (χ1n) is 10.3. The Morgan fingerprint density at radius 1 is 0.759 bits per heavy atom. The van der Waals surface area contributed by atoms with Crippen molar-refractivity contribution in [2.24, 2.45) is 0 Å². The van der Waals surface area contributed by atoms with Gasteiger partial charge in [0.15, 0.2) is 0 Å². The van der Waals surface area contributed by atoms with Crippen LogP contribution in [0, 0.1) is 0 Å². The summed E-state index contributed by atoms with van der Waals surface area (Å²) in [6.07, 6.45) is 1.73. The van der Waals surface area contributed by atoms with Gasteiger partial charge in [-0.2, -0.15) is 0 Å². The van der Waals surface area contributed by atoms with Crippen LogP contribution in [0.25, 0.3) is 11.1 Å². The molecule has 6 nitrogen and oxygen atoms in total. The molecule has 0 saturated heterocycles. The minimum Gasteiger partial charge on any atom is -0.494 e. The standard InChI is InChI=1S/C22H30N2O4S/c1-3-23-11-5-13-27-17-7-9-19-20-10-8-18(28-14-6-12-24-4-2)16-22(20)29(25,26)21(19)15-17/h7-10,15-16,23-24H,3-6,11-14H2,1-2H3. The van der Waals surface area contributed by atoms with Crippen LogP contribution in [0.15, 0.2) is 46.2 Å². The van der Waals surface area contributed by atoms with Gasteiger partial charge in [0.05, 0.1) is 23.0 Å². The number of nitrogens with one attached hydrogen (secondary N) is 2. The van der Waals surface area contributed by atoms with Gasteiger partial charge in [0.1, 0.15) is 11.5 Å². The molecular weight excluding hydrogens is 388 g/mol. The highest BCUT2D eigenvalue weighted by molar-refractivity contribution is 7.92. The highest BCUT2D eigenvalue weighted by Crippen LogP contribution is 2.45. The smallest absolute Gasteiger partial charge is 0.208 e. The maximum absolute atomic E-state index is 13.1. The van der Waals surface area contributed by atoms with Crippen molar-refractivity contribution >= 4 is 9.84 Å². The topological polar surface area (TPSA) is 76.7 Å². The van der Waals surface area contributed by atoms with E-state index >= 15 is 0 Å². The lowest BCUT2D eigenvalue weighted by Gasteiger charge is -2.08. The molecule has 29 heavy (non-hydrogen) atoms. The van der Waals surface area contributed by atoms with Crippen LogP contribution in [-0.2, 0) is 9.84 Å². The molecule has 0 radical (unpaired) electrons. The molecule has 158 valence electrons. The van der Waals surface area contributed by atoms with Gasteiger partial charge in [0.2, 0.25) is 9.84 Å².